The van der Waals surface area contributed by atoms with E-state index in [9.17, 15) is 9.59 Å². The van der Waals surface area contributed by atoms with Crippen LogP contribution in [-0.2, 0) is 11.3 Å². The average Bonchev–Trinajstić information content (AvgIpc) is 3.52. The Morgan fingerprint density at radius 2 is 1.78 bits per heavy atom. The predicted molar refractivity (Wildman–Crippen MR) is 137 cm³/mol. The molecule has 2 amide bonds. The van der Waals surface area contributed by atoms with Crippen LogP contribution in [0.2, 0.25) is 0 Å². The van der Waals surface area contributed by atoms with Gasteiger partial charge in [0.2, 0.25) is 11.8 Å². The van der Waals surface area contributed by atoms with Crippen molar-refractivity contribution in [3.63, 3.8) is 0 Å². The van der Waals surface area contributed by atoms with E-state index in [1.165, 1.54) is 5.56 Å². The first-order chi connectivity index (χ1) is 17.4. The maximum absolute atomic E-state index is 13.2. The zero-order valence-electron chi connectivity index (χ0n) is 20.9. The third kappa shape index (κ3) is 5.05. The summed E-state index contributed by atoms with van der Waals surface area (Å²) < 4.78 is 11.4. The lowest BCUT2D eigenvalue weighted by molar-refractivity contribution is -0.126. The van der Waals surface area contributed by atoms with Crippen molar-refractivity contribution in [1.29, 1.82) is 0 Å². The summed E-state index contributed by atoms with van der Waals surface area (Å²) >= 11 is 0. The van der Waals surface area contributed by atoms with Crippen LogP contribution in [0.3, 0.4) is 0 Å². The van der Waals surface area contributed by atoms with Crippen molar-refractivity contribution in [2.75, 3.05) is 13.1 Å². The highest BCUT2D eigenvalue weighted by molar-refractivity contribution is 5.97. The van der Waals surface area contributed by atoms with E-state index in [0.717, 1.165) is 29.9 Å². The molecular formula is C29H31N3O4. The number of hydrogen-bond donors (Lipinski definition) is 1. The average molecular weight is 486 g/mol. The second-order valence-corrected chi connectivity index (χ2v) is 9.72. The maximum Gasteiger partial charge on any atom is 0.253 e. The number of carbonyl (C=O) groups is 2. The first-order valence-electron chi connectivity index (χ1n) is 12.5. The molecule has 1 atom stereocenters. The molecule has 0 bridgehead atoms. The summed E-state index contributed by atoms with van der Waals surface area (Å²) in [7, 11) is 0. The summed E-state index contributed by atoms with van der Waals surface area (Å²) in [4.78, 5) is 32.3. The molecule has 3 heterocycles. The number of fused-ring (bicyclic) bond motifs is 1. The Hall–Kier alpha value is -3.87. The molecule has 0 spiro atoms. The summed E-state index contributed by atoms with van der Waals surface area (Å²) in [6, 6.07) is 17.2. The standard InChI is InChI=1S/C29H31N3O4/c1-18-4-7-22(8-5-18)28-31-25-16-23(9-11-26(25)36-28)29(34)32-14-12-21(13-15-32)20(3)27(33)30-17-24-10-6-19(2)35-24/h4-11,16,20-21H,12-15,17H2,1-3H3,(H,30,33). The zero-order chi connectivity index (χ0) is 25.2. The largest absolute Gasteiger partial charge is 0.465 e. The first-order valence-corrected chi connectivity index (χ1v) is 12.5. The number of aryl methyl sites for hydroxylation is 2. The molecule has 1 aliphatic heterocycles. The lowest BCUT2D eigenvalue weighted by atomic mass is 9.84. The minimum absolute atomic E-state index is 0.0134. The summed E-state index contributed by atoms with van der Waals surface area (Å²) in [5, 5.41) is 2.97. The number of aromatic nitrogens is 1. The molecule has 2 aromatic heterocycles. The van der Waals surface area contributed by atoms with Gasteiger partial charge in [0.15, 0.2) is 5.58 Å². The molecule has 4 aromatic rings. The van der Waals surface area contributed by atoms with Crippen molar-refractivity contribution < 1.29 is 18.4 Å². The third-order valence-corrected chi connectivity index (χ3v) is 7.11. The number of nitrogens with zero attached hydrogens (tertiary/aromatic N) is 2. The van der Waals surface area contributed by atoms with Crippen LogP contribution in [0.4, 0.5) is 0 Å². The fourth-order valence-electron chi connectivity index (χ4n) is 4.79. The Labute approximate surface area is 210 Å². The molecule has 1 fully saturated rings. The summed E-state index contributed by atoms with van der Waals surface area (Å²) in [5.41, 5.74) is 4.01. The molecular weight excluding hydrogens is 454 g/mol. The lowest BCUT2D eigenvalue weighted by Crippen LogP contribution is -2.42. The van der Waals surface area contributed by atoms with Crippen LogP contribution >= 0.6 is 0 Å². The second kappa shape index (κ2) is 10.0. The van der Waals surface area contributed by atoms with Crippen LogP contribution in [0.5, 0.6) is 0 Å². The number of hydrogen-bond acceptors (Lipinski definition) is 5. The Morgan fingerprint density at radius 3 is 2.47 bits per heavy atom. The van der Waals surface area contributed by atoms with E-state index in [4.69, 9.17) is 8.83 Å². The van der Waals surface area contributed by atoms with Crippen LogP contribution in [0.1, 0.15) is 47.2 Å². The molecule has 2 aromatic carbocycles. The number of piperidine rings is 1. The minimum Gasteiger partial charge on any atom is -0.465 e. The molecule has 7 nitrogen and oxygen atoms in total. The number of carbonyl (C=O) groups excluding carboxylic acids is 2. The number of rotatable bonds is 6. The molecule has 186 valence electrons. The lowest BCUT2D eigenvalue weighted by Gasteiger charge is -2.34. The van der Waals surface area contributed by atoms with E-state index in [1.807, 2.05) is 68.1 Å². The smallest absolute Gasteiger partial charge is 0.253 e. The monoisotopic (exact) mass is 485 g/mol. The maximum atomic E-state index is 13.2. The highest BCUT2D eigenvalue weighted by atomic mass is 16.3. The molecule has 1 saturated heterocycles. The molecule has 1 N–H and O–H groups in total. The highest BCUT2D eigenvalue weighted by Crippen LogP contribution is 2.28. The highest BCUT2D eigenvalue weighted by Gasteiger charge is 2.30. The number of benzene rings is 2. The van der Waals surface area contributed by atoms with E-state index in [0.29, 0.717) is 42.2 Å². The molecule has 5 rings (SSSR count). The number of amides is 2. The van der Waals surface area contributed by atoms with Crippen molar-refractivity contribution in [3.05, 3.63) is 77.2 Å². The van der Waals surface area contributed by atoms with Gasteiger partial charge in [-0.25, -0.2) is 4.98 Å². The summed E-state index contributed by atoms with van der Waals surface area (Å²) in [5.74, 6) is 2.26. The summed E-state index contributed by atoms with van der Waals surface area (Å²) in [6.07, 6.45) is 1.59. The van der Waals surface area contributed by atoms with Crippen LogP contribution in [0, 0.1) is 25.7 Å². The van der Waals surface area contributed by atoms with Crippen molar-refractivity contribution in [2.24, 2.45) is 11.8 Å². The molecule has 0 saturated carbocycles. The topological polar surface area (TPSA) is 88.6 Å². The van der Waals surface area contributed by atoms with Gasteiger partial charge in [0, 0.05) is 30.1 Å². The van der Waals surface area contributed by atoms with Crippen LogP contribution in [0.15, 0.2) is 63.4 Å². The fraction of sp³-hybridized carbons (Fsp3) is 0.345. The van der Waals surface area contributed by atoms with Crippen molar-refractivity contribution >= 4 is 22.9 Å². The van der Waals surface area contributed by atoms with Gasteiger partial charge >= 0.3 is 0 Å². The quantitative estimate of drug-likeness (QED) is 0.389. The van der Waals surface area contributed by atoms with Gasteiger partial charge in [0.25, 0.3) is 5.91 Å². The van der Waals surface area contributed by atoms with Gasteiger partial charge in [-0.3, -0.25) is 9.59 Å². The zero-order valence-corrected chi connectivity index (χ0v) is 20.9. The Kier molecular flexibility index (Phi) is 6.63. The van der Waals surface area contributed by atoms with Crippen LogP contribution in [0.25, 0.3) is 22.6 Å². The predicted octanol–water partition coefficient (Wildman–Crippen LogP) is 5.51. The van der Waals surface area contributed by atoms with Gasteiger partial charge < -0.3 is 19.1 Å². The van der Waals surface area contributed by atoms with E-state index in [2.05, 4.69) is 10.3 Å². The van der Waals surface area contributed by atoms with Crippen LogP contribution in [-0.4, -0.2) is 34.8 Å². The molecule has 1 aliphatic rings. The molecule has 36 heavy (non-hydrogen) atoms. The normalized spacial score (nSPS) is 15.2. The number of likely N-dealkylation sites (tertiary alicyclic amines) is 1. The SMILES string of the molecule is Cc1ccc(-c2nc3cc(C(=O)N4CCC(C(C)C(=O)NCc5ccc(C)o5)CC4)ccc3o2)cc1. The Bertz CT molecular complexity index is 1380. The van der Waals surface area contributed by atoms with Crippen molar-refractivity contribution in [1.82, 2.24) is 15.2 Å². The van der Waals surface area contributed by atoms with E-state index >= 15 is 0 Å². The van der Waals surface area contributed by atoms with E-state index < -0.39 is 0 Å². The molecule has 0 radical (unpaired) electrons. The van der Waals surface area contributed by atoms with Gasteiger partial charge in [-0.05, 0) is 75.1 Å². The van der Waals surface area contributed by atoms with Gasteiger partial charge in [-0.15, -0.1) is 0 Å². The van der Waals surface area contributed by atoms with E-state index in [-0.39, 0.29) is 23.7 Å². The van der Waals surface area contributed by atoms with Crippen molar-refractivity contribution in [2.45, 2.75) is 40.2 Å². The minimum atomic E-state index is -0.120. The van der Waals surface area contributed by atoms with Gasteiger partial charge in [-0.2, -0.15) is 0 Å². The number of oxazole rings is 1. The summed E-state index contributed by atoms with van der Waals surface area (Å²) in [6.45, 7) is 7.54. The first kappa shape index (κ1) is 23.9. The molecule has 0 aliphatic carbocycles. The Morgan fingerprint density at radius 1 is 1.03 bits per heavy atom. The molecule has 7 heteroatoms. The second-order valence-electron chi connectivity index (χ2n) is 9.72. The third-order valence-electron chi connectivity index (χ3n) is 7.11. The van der Waals surface area contributed by atoms with Gasteiger partial charge in [0.1, 0.15) is 17.0 Å². The fourth-order valence-corrected chi connectivity index (χ4v) is 4.79. The van der Waals surface area contributed by atoms with Crippen molar-refractivity contribution in [3.8, 4) is 11.5 Å². The number of furan rings is 1. The van der Waals surface area contributed by atoms with Gasteiger partial charge in [-0.1, -0.05) is 24.6 Å². The molecule has 1 unspecified atom stereocenters. The van der Waals surface area contributed by atoms with E-state index in [1.54, 1.807) is 12.1 Å². The number of nitrogens with one attached hydrogen (secondary N) is 1. The Balaban J connectivity index is 1.18. The van der Waals surface area contributed by atoms with Crippen LogP contribution < -0.4 is 5.32 Å². The van der Waals surface area contributed by atoms with Gasteiger partial charge in [0.05, 0.1) is 6.54 Å².